The van der Waals surface area contributed by atoms with Crippen molar-refractivity contribution in [2.24, 2.45) is 0 Å². The van der Waals surface area contributed by atoms with Crippen molar-refractivity contribution < 1.29 is 4.79 Å². The molecule has 0 fully saturated rings. The molecule has 0 radical (unpaired) electrons. The molecule has 0 saturated carbocycles. The van der Waals surface area contributed by atoms with E-state index < -0.39 is 0 Å². The molecule has 0 N–H and O–H groups in total. The second kappa shape index (κ2) is 6.23. The smallest absolute Gasteiger partial charge is 0.185 e. The number of hydrogen-bond acceptors (Lipinski definition) is 1. The zero-order valence-electron chi connectivity index (χ0n) is 12.2. The van der Waals surface area contributed by atoms with Gasteiger partial charge in [0.05, 0.1) is 0 Å². The summed E-state index contributed by atoms with van der Waals surface area (Å²) in [6.07, 6.45) is 1.36. The lowest BCUT2D eigenvalue weighted by atomic mass is 9.95. The number of allylic oxidation sites excluding steroid dienone is 1. The van der Waals surface area contributed by atoms with E-state index in [-0.39, 0.29) is 5.78 Å². The van der Waals surface area contributed by atoms with E-state index >= 15 is 0 Å². The molecule has 0 amide bonds. The van der Waals surface area contributed by atoms with Crippen molar-refractivity contribution >= 4 is 5.78 Å². The third kappa shape index (κ3) is 2.75. The van der Waals surface area contributed by atoms with Gasteiger partial charge in [-0.15, -0.1) is 0 Å². The third-order valence-corrected chi connectivity index (χ3v) is 3.68. The van der Waals surface area contributed by atoms with Crippen molar-refractivity contribution in [3.8, 4) is 22.3 Å². The van der Waals surface area contributed by atoms with Gasteiger partial charge in [-0.25, -0.2) is 0 Å². The average molecular weight is 284 g/mol. The van der Waals surface area contributed by atoms with E-state index in [1.54, 1.807) is 0 Å². The first kappa shape index (κ1) is 14.0. The summed E-state index contributed by atoms with van der Waals surface area (Å²) >= 11 is 0. The van der Waals surface area contributed by atoms with Crippen LogP contribution in [0, 0.1) is 0 Å². The summed E-state index contributed by atoms with van der Waals surface area (Å²) in [5.74, 6) is -0.0530. The minimum Gasteiger partial charge on any atom is -0.289 e. The summed E-state index contributed by atoms with van der Waals surface area (Å²) in [4.78, 5) is 12.0. The Hall–Kier alpha value is -2.93. The van der Waals surface area contributed by atoms with Crippen LogP contribution in [0.25, 0.3) is 22.3 Å². The fraction of sp³-hybridized carbons (Fsp3) is 0. The van der Waals surface area contributed by atoms with E-state index in [0.29, 0.717) is 5.56 Å². The molecule has 22 heavy (non-hydrogen) atoms. The number of benzene rings is 3. The molecule has 0 atom stereocenters. The number of carbonyl (C=O) groups is 1. The van der Waals surface area contributed by atoms with E-state index in [4.69, 9.17) is 0 Å². The topological polar surface area (TPSA) is 17.1 Å². The van der Waals surface area contributed by atoms with Crippen molar-refractivity contribution in [1.29, 1.82) is 0 Å². The molecule has 3 rings (SSSR count). The van der Waals surface area contributed by atoms with Crippen LogP contribution in [-0.4, -0.2) is 5.78 Å². The van der Waals surface area contributed by atoms with Crippen molar-refractivity contribution in [1.82, 2.24) is 0 Å². The summed E-state index contributed by atoms with van der Waals surface area (Å²) in [7, 11) is 0. The largest absolute Gasteiger partial charge is 0.289 e. The number of rotatable bonds is 4. The highest BCUT2D eigenvalue weighted by molar-refractivity contribution is 6.08. The summed E-state index contributed by atoms with van der Waals surface area (Å²) in [6.45, 7) is 3.58. The Labute approximate surface area is 130 Å². The number of ketones is 1. The highest BCUT2D eigenvalue weighted by Gasteiger charge is 2.09. The maximum atomic E-state index is 12.0. The van der Waals surface area contributed by atoms with E-state index in [1.807, 2.05) is 42.5 Å². The SMILES string of the molecule is C=CC(=O)c1ccccc1-c1ccc(-c2ccccc2)cc1. The second-order valence-corrected chi connectivity index (χ2v) is 5.06. The highest BCUT2D eigenvalue weighted by atomic mass is 16.1. The van der Waals surface area contributed by atoms with Crippen LogP contribution in [0.2, 0.25) is 0 Å². The zero-order valence-corrected chi connectivity index (χ0v) is 12.2. The first-order valence-electron chi connectivity index (χ1n) is 7.21. The predicted molar refractivity (Wildman–Crippen MR) is 91.8 cm³/mol. The van der Waals surface area contributed by atoms with Gasteiger partial charge in [-0.1, -0.05) is 85.4 Å². The lowest BCUT2D eigenvalue weighted by molar-refractivity contribution is 0.104. The molecule has 0 aromatic heterocycles. The summed E-state index contributed by atoms with van der Waals surface area (Å²) in [6, 6.07) is 26.1. The Morgan fingerprint density at radius 3 is 1.91 bits per heavy atom. The quantitative estimate of drug-likeness (QED) is 0.464. The van der Waals surface area contributed by atoms with Crippen LogP contribution >= 0.6 is 0 Å². The summed E-state index contributed by atoms with van der Waals surface area (Å²) in [5, 5.41) is 0. The van der Waals surface area contributed by atoms with Gasteiger partial charge in [0.15, 0.2) is 5.78 Å². The molecule has 0 saturated heterocycles. The van der Waals surface area contributed by atoms with Gasteiger partial charge in [0, 0.05) is 5.56 Å². The van der Waals surface area contributed by atoms with Crippen molar-refractivity contribution in [3.05, 3.63) is 97.1 Å². The van der Waals surface area contributed by atoms with Crippen LogP contribution in [0.5, 0.6) is 0 Å². The maximum Gasteiger partial charge on any atom is 0.185 e. The highest BCUT2D eigenvalue weighted by Crippen LogP contribution is 2.27. The van der Waals surface area contributed by atoms with Crippen LogP contribution in [0.15, 0.2) is 91.5 Å². The number of hydrogen-bond donors (Lipinski definition) is 0. The predicted octanol–water partition coefficient (Wildman–Crippen LogP) is 5.39. The van der Waals surface area contributed by atoms with Gasteiger partial charge in [0.1, 0.15) is 0 Å². The minimum atomic E-state index is -0.0530. The molecule has 3 aromatic carbocycles. The van der Waals surface area contributed by atoms with Crippen LogP contribution in [-0.2, 0) is 0 Å². The van der Waals surface area contributed by atoms with E-state index in [0.717, 1.165) is 16.7 Å². The first-order valence-corrected chi connectivity index (χ1v) is 7.21. The van der Waals surface area contributed by atoms with E-state index in [1.165, 1.54) is 11.6 Å². The van der Waals surface area contributed by atoms with Crippen molar-refractivity contribution in [2.45, 2.75) is 0 Å². The Kier molecular flexibility index (Phi) is 3.97. The van der Waals surface area contributed by atoms with Crippen LogP contribution in [0.4, 0.5) is 0 Å². The Morgan fingerprint density at radius 1 is 0.682 bits per heavy atom. The average Bonchev–Trinajstić information content (AvgIpc) is 2.62. The van der Waals surface area contributed by atoms with Crippen LogP contribution in [0.3, 0.4) is 0 Å². The molecule has 1 heteroatoms. The lowest BCUT2D eigenvalue weighted by Gasteiger charge is -2.08. The fourth-order valence-corrected chi connectivity index (χ4v) is 2.53. The van der Waals surface area contributed by atoms with Gasteiger partial charge in [-0.05, 0) is 28.3 Å². The van der Waals surface area contributed by atoms with E-state index in [2.05, 4.69) is 43.0 Å². The molecule has 1 nitrogen and oxygen atoms in total. The van der Waals surface area contributed by atoms with Crippen LogP contribution < -0.4 is 0 Å². The fourth-order valence-electron chi connectivity index (χ4n) is 2.53. The van der Waals surface area contributed by atoms with Gasteiger partial charge < -0.3 is 0 Å². The molecule has 106 valence electrons. The molecule has 0 aliphatic rings. The molecule has 0 unspecified atom stereocenters. The molecular formula is C21H16O. The monoisotopic (exact) mass is 284 g/mol. The minimum absolute atomic E-state index is 0.0530. The summed E-state index contributed by atoms with van der Waals surface area (Å²) in [5.41, 5.74) is 5.00. The lowest BCUT2D eigenvalue weighted by Crippen LogP contribution is -1.96. The second-order valence-electron chi connectivity index (χ2n) is 5.06. The van der Waals surface area contributed by atoms with Crippen LogP contribution in [0.1, 0.15) is 10.4 Å². The maximum absolute atomic E-state index is 12.0. The molecule has 0 spiro atoms. The van der Waals surface area contributed by atoms with Gasteiger partial charge in [0.25, 0.3) is 0 Å². The standard InChI is InChI=1S/C21H16O/c1-2-21(22)20-11-7-6-10-19(20)18-14-12-17(13-15-18)16-8-4-3-5-9-16/h2-15H,1H2. The van der Waals surface area contributed by atoms with Gasteiger partial charge in [-0.3, -0.25) is 4.79 Å². The van der Waals surface area contributed by atoms with Crippen molar-refractivity contribution in [2.75, 3.05) is 0 Å². The Bertz CT molecular complexity index is 799. The van der Waals surface area contributed by atoms with Gasteiger partial charge in [0.2, 0.25) is 0 Å². The Morgan fingerprint density at radius 2 is 1.23 bits per heavy atom. The molecule has 0 aliphatic heterocycles. The van der Waals surface area contributed by atoms with E-state index in [9.17, 15) is 4.79 Å². The molecular weight excluding hydrogens is 268 g/mol. The number of carbonyl (C=O) groups excluding carboxylic acids is 1. The first-order chi connectivity index (χ1) is 10.8. The zero-order chi connectivity index (χ0) is 15.4. The molecule has 3 aromatic rings. The molecule has 0 heterocycles. The van der Waals surface area contributed by atoms with Crippen molar-refractivity contribution in [3.63, 3.8) is 0 Å². The Balaban J connectivity index is 2.01. The molecule has 0 bridgehead atoms. The normalized spacial score (nSPS) is 10.2. The third-order valence-electron chi connectivity index (χ3n) is 3.68. The summed E-state index contributed by atoms with van der Waals surface area (Å²) < 4.78 is 0. The van der Waals surface area contributed by atoms with Gasteiger partial charge in [-0.2, -0.15) is 0 Å². The molecule has 0 aliphatic carbocycles. The van der Waals surface area contributed by atoms with Gasteiger partial charge >= 0.3 is 0 Å².